The molecule has 2 aromatic heterocycles. The molecule has 2 N–H and O–H groups in total. The number of imidazole rings is 1. The number of hydrogen-bond acceptors (Lipinski definition) is 3. The molecule has 2 unspecified atom stereocenters. The Morgan fingerprint density at radius 2 is 2.22 bits per heavy atom. The first-order valence-electron chi connectivity index (χ1n) is 6.75. The molecule has 2 heterocycles. The average molecular weight is 244 g/mol. The number of pyridine rings is 1. The van der Waals surface area contributed by atoms with Gasteiger partial charge in [-0.3, -0.25) is 0 Å². The molecule has 0 aliphatic heterocycles. The standard InChI is InChI=1S/C14H20N4/c1-9(2)18-13(10-5-6-11(15)8-10)17-12-4-3-7-16-14(12)18/h3-4,7,9-11H,5-6,8,15H2,1-2H3. The highest BCUT2D eigenvalue weighted by atomic mass is 15.1. The maximum absolute atomic E-state index is 6.03. The van der Waals surface area contributed by atoms with Gasteiger partial charge in [-0.15, -0.1) is 0 Å². The number of rotatable bonds is 2. The van der Waals surface area contributed by atoms with Crippen LogP contribution in [0.2, 0.25) is 0 Å². The third-order valence-electron chi connectivity index (χ3n) is 3.83. The van der Waals surface area contributed by atoms with Gasteiger partial charge in [-0.25, -0.2) is 9.97 Å². The predicted octanol–water partition coefficient (Wildman–Crippen LogP) is 2.61. The zero-order chi connectivity index (χ0) is 12.7. The van der Waals surface area contributed by atoms with Gasteiger partial charge in [0.1, 0.15) is 11.3 Å². The highest BCUT2D eigenvalue weighted by molar-refractivity contribution is 5.71. The van der Waals surface area contributed by atoms with E-state index in [9.17, 15) is 0 Å². The summed E-state index contributed by atoms with van der Waals surface area (Å²) in [7, 11) is 0. The van der Waals surface area contributed by atoms with Gasteiger partial charge in [0.25, 0.3) is 0 Å². The predicted molar refractivity (Wildman–Crippen MR) is 72.5 cm³/mol. The SMILES string of the molecule is CC(C)n1c(C2CCC(N)C2)nc2cccnc21. The van der Waals surface area contributed by atoms with Crippen molar-refractivity contribution in [2.75, 3.05) is 0 Å². The number of aromatic nitrogens is 3. The molecule has 1 aliphatic rings. The van der Waals surface area contributed by atoms with Gasteiger partial charge < -0.3 is 10.3 Å². The summed E-state index contributed by atoms with van der Waals surface area (Å²) in [5, 5.41) is 0. The molecule has 0 aromatic carbocycles. The van der Waals surface area contributed by atoms with Gasteiger partial charge in [-0.1, -0.05) is 0 Å². The molecular weight excluding hydrogens is 224 g/mol. The van der Waals surface area contributed by atoms with Crippen LogP contribution < -0.4 is 5.73 Å². The van der Waals surface area contributed by atoms with Crippen LogP contribution in [0.1, 0.15) is 50.9 Å². The second-order valence-electron chi connectivity index (χ2n) is 5.55. The molecule has 1 aliphatic carbocycles. The van der Waals surface area contributed by atoms with Crippen LogP contribution in [0.4, 0.5) is 0 Å². The van der Waals surface area contributed by atoms with Gasteiger partial charge >= 0.3 is 0 Å². The molecule has 0 radical (unpaired) electrons. The van der Waals surface area contributed by atoms with Crippen molar-refractivity contribution in [3.8, 4) is 0 Å². The zero-order valence-electron chi connectivity index (χ0n) is 11.0. The first-order valence-corrected chi connectivity index (χ1v) is 6.75. The van der Waals surface area contributed by atoms with Crippen LogP contribution in [-0.4, -0.2) is 20.6 Å². The van der Waals surface area contributed by atoms with Gasteiger partial charge in [0, 0.05) is 24.2 Å². The summed E-state index contributed by atoms with van der Waals surface area (Å²) in [6, 6.07) is 4.71. The second kappa shape index (κ2) is 4.35. The molecule has 4 heteroatoms. The molecule has 1 fully saturated rings. The van der Waals surface area contributed by atoms with Crippen LogP contribution in [0, 0.1) is 0 Å². The Morgan fingerprint density at radius 1 is 1.39 bits per heavy atom. The molecule has 0 saturated heterocycles. The molecule has 0 amide bonds. The van der Waals surface area contributed by atoms with E-state index >= 15 is 0 Å². The highest BCUT2D eigenvalue weighted by Crippen LogP contribution is 2.35. The van der Waals surface area contributed by atoms with Gasteiger partial charge in [0.05, 0.1) is 0 Å². The average Bonchev–Trinajstić information content (AvgIpc) is 2.91. The maximum Gasteiger partial charge on any atom is 0.160 e. The van der Waals surface area contributed by atoms with E-state index in [1.807, 2.05) is 18.3 Å². The molecule has 2 aromatic rings. The largest absolute Gasteiger partial charge is 0.328 e. The van der Waals surface area contributed by atoms with Crippen molar-refractivity contribution in [2.45, 2.75) is 51.1 Å². The molecule has 1 saturated carbocycles. The van der Waals surface area contributed by atoms with Gasteiger partial charge in [0.2, 0.25) is 0 Å². The third kappa shape index (κ3) is 1.81. The lowest BCUT2D eigenvalue weighted by molar-refractivity contribution is 0.534. The molecular formula is C14H20N4. The fourth-order valence-electron chi connectivity index (χ4n) is 3.00. The Hall–Kier alpha value is -1.42. The van der Waals surface area contributed by atoms with E-state index in [-0.39, 0.29) is 0 Å². The third-order valence-corrected chi connectivity index (χ3v) is 3.83. The van der Waals surface area contributed by atoms with Crippen LogP contribution in [0.5, 0.6) is 0 Å². The second-order valence-corrected chi connectivity index (χ2v) is 5.55. The lowest BCUT2D eigenvalue weighted by atomic mass is 10.1. The Balaban J connectivity index is 2.13. The van der Waals surface area contributed by atoms with Crippen molar-refractivity contribution >= 4 is 11.2 Å². The number of fused-ring (bicyclic) bond motifs is 1. The topological polar surface area (TPSA) is 56.7 Å². The lowest BCUT2D eigenvalue weighted by Crippen LogP contribution is -2.16. The van der Waals surface area contributed by atoms with Crippen LogP contribution in [0.3, 0.4) is 0 Å². The van der Waals surface area contributed by atoms with Crippen molar-refractivity contribution in [1.29, 1.82) is 0 Å². The summed E-state index contributed by atoms with van der Waals surface area (Å²) in [6.45, 7) is 4.38. The smallest absolute Gasteiger partial charge is 0.160 e. The normalized spacial score (nSPS) is 24.2. The summed E-state index contributed by atoms with van der Waals surface area (Å²) in [5.41, 5.74) is 8.03. The summed E-state index contributed by atoms with van der Waals surface area (Å²) >= 11 is 0. The number of hydrogen-bond donors (Lipinski definition) is 1. The number of nitrogens with zero attached hydrogens (tertiary/aromatic N) is 3. The summed E-state index contributed by atoms with van der Waals surface area (Å²) in [6.07, 6.45) is 5.15. The zero-order valence-corrected chi connectivity index (χ0v) is 11.0. The fraction of sp³-hybridized carbons (Fsp3) is 0.571. The van der Waals surface area contributed by atoms with E-state index < -0.39 is 0 Å². The molecule has 0 bridgehead atoms. The van der Waals surface area contributed by atoms with E-state index in [0.717, 1.165) is 30.4 Å². The first-order chi connectivity index (χ1) is 8.66. The monoisotopic (exact) mass is 244 g/mol. The van der Waals surface area contributed by atoms with Gasteiger partial charge in [-0.05, 0) is 45.2 Å². The minimum atomic E-state index is 0.336. The summed E-state index contributed by atoms with van der Waals surface area (Å²) < 4.78 is 2.28. The van der Waals surface area contributed by atoms with Crippen LogP contribution in [-0.2, 0) is 0 Å². The lowest BCUT2D eigenvalue weighted by Gasteiger charge is -2.16. The Kier molecular flexibility index (Phi) is 2.82. The summed E-state index contributed by atoms with van der Waals surface area (Å²) in [5.74, 6) is 1.67. The van der Waals surface area contributed by atoms with E-state index in [1.54, 1.807) is 0 Å². The van der Waals surface area contributed by atoms with Crippen molar-refractivity contribution in [3.63, 3.8) is 0 Å². The first kappa shape index (κ1) is 11.7. The molecule has 3 rings (SSSR count). The van der Waals surface area contributed by atoms with Crippen molar-refractivity contribution in [3.05, 3.63) is 24.2 Å². The van der Waals surface area contributed by atoms with Crippen molar-refractivity contribution in [1.82, 2.24) is 14.5 Å². The molecule has 18 heavy (non-hydrogen) atoms. The Morgan fingerprint density at radius 3 is 2.89 bits per heavy atom. The quantitative estimate of drug-likeness (QED) is 0.883. The molecule has 4 nitrogen and oxygen atoms in total. The Labute approximate surface area is 107 Å². The van der Waals surface area contributed by atoms with E-state index in [2.05, 4.69) is 23.4 Å². The van der Waals surface area contributed by atoms with E-state index in [4.69, 9.17) is 10.7 Å². The minimum absolute atomic E-state index is 0.336. The van der Waals surface area contributed by atoms with Crippen molar-refractivity contribution in [2.24, 2.45) is 5.73 Å². The van der Waals surface area contributed by atoms with E-state index in [0.29, 0.717) is 18.0 Å². The summed E-state index contributed by atoms with van der Waals surface area (Å²) in [4.78, 5) is 9.28. The van der Waals surface area contributed by atoms with E-state index in [1.165, 1.54) is 5.82 Å². The minimum Gasteiger partial charge on any atom is -0.328 e. The van der Waals surface area contributed by atoms with Gasteiger partial charge in [-0.2, -0.15) is 0 Å². The van der Waals surface area contributed by atoms with Gasteiger partial charge in [0.15, 0.2) is 5.65 Å². The Bertz CT molecular complexity index is 558. The van der Waals surface area contributed by atoms with Crippen molar-refractivity contribution < 1.29 is 0 Å². The number of nitrogens with two attached hydrogens (primary N) is 1. The molecule has 0 spiro atoms. The van der Waals surface area contributed by atoms with Crippen LogP contribution in [0.15, 0.2) is 18.3 Å². The van der Waals surface area contributed by atoms with Crippen LogP contribution >= 0.6 is 0 Å². The highest BCUT2D eigenvalue weighted by Gasteiger charge is 2.28. The van der Waals surface area contributed by atoms with Crippen LogP contribution in [0.25, 0.3) is 11.2 Å². The molecule has 96 valence electrons. The fourth-order valence-corrected chi connectivity index (χ4v) is 3.00. The molecule has 2 atom stereocenters. The maximum atomic E-state index is 6.03.